The number of carbonyl (C=O) groups is 2. The van der Waals surface area contributed by atoms with Gasteiger partial charge in [0.2, 0.25) is 0 Å². The summed E-state index contributed by atoms with van der Waals surface area (Å²) >= 11 is 1.59. The topological polar surface area (TPSA) is 53.1 Å². The van der Waals surface area contributed by atoms with E-state index in [0.29, 0.717) is 13.1 Å². The lowest BCUT2D eigenvalue weighted by molar-refractivity contribution is 0.0240. The molecule has 0 N–H and O–H groups in total. The van der Waals surface area contributed by atoms with Crippen LogP contribution in [-0.2, 0) is 4.74 Å². The van der Waals surface area contributed by atoms with Crippen LogP contribution in [0.5, 0.6) is 0 Å². The molecule has 172 valence electrons. The van der Waals surface area contributed by atoms with Crippen LogP contribution in [0.4, 0.5) is 10.5 Å². The highest BCUT2D eigenvalue weighted by molar-refractivity contribution is 7.17. The number of carbonyl (C=O) groups excluding carboxylic acids is 2. The summed E-state index contributed by atoms with van der Waals surface area (Å²) in [7, 11) is 0. The SMILES string of the molecule is Cc1cc(-c2ccc(N3CCN(C(=O)OC(C)(C)C)CC3)cc2)sc1C(=O)N1CCCC1. The maximum atomic E-state index is 12.8. The molecule has 0 aliphatic carbocycles. The first-order valence-electron chi connectivity index (χ1n) is 11.4. The minimum absolute atomic E-state index is 0.177. The molecule has 2 saturated heterocycles. The molecule has 6 nitrogen and oxygen atoms in total. The van der Waals surface area contributed by atoms with Crippen molar-refractivity contribution in [2.24, 2.45) is 0 Å². The number of ether oxygens (including phenoxy) is 1. The Morgan fingerprint density at radius 3 is 2.12 bits per heavy atom. The fourth-order valence-electron chi connectivity index (χ4n) is 4.21. The normalized spacial score (nSPS) is 17.1. The molecule has 2 aliphatic heterocycles. The van der Waals surface area contributed by atoms with Crippen molar-refractivity contribution in [3.8, 4) is 10.4 Å². The third-order valence-electron chi connectivity index (χ3n) is 5.95. The van der Waals surface area contributed by atoms with Gasteiger partial charge < -0.3 is 19.4 Å². The van der Waals surface area contributed by atoms with Crippen LogP contribution in [-0.4, -0.2) is 66.7 Å². The molecular weight excluding hydrogens is 422 g/mol. The Labute approximate surface area is 194 Å². The number of nitrogens with zero attached hydrogens (tertiary/aromatic N) is 3. The van der Waals surface area contributed by atoms with Gasteiger partial charge in [-0.15, -0.1) is 11.3 Å². The molecule has 32 heavy (non-hydrogen) atoms. The summed E-state index contributed by atoms with van der Waals surface area (Å²) in [6.45, 7) is 12.3. The van der Waals surface area contributed by atoms with Gasteiger partial charge in [-0.05, 0) is 69.9 Å². The molecule has 3 heterocycles. The zero-order valence-corrected chi connectivity index (χ0v) is 20.3. The number of piperazine rings is 1. The van der Waals surface area contributed by atoms with Crippen molar-refractivity contribution < 1.29 is 14.3 Å². The summed E-state index contributed by atoms with van der Waals surface area (Å²) in [5.74, 6) is 0.177. The lowest BCUT2D eigenvalue weighted by Gasteiger charge is -2.36. The standard InChI is InChI=1S/C25H33N3O3S/c1-18-17-21(32-22(18)23(29)27-11-5-6-12-27)19-7-9-20(10-8-19)26-13-15-28(16-14-26)24(30)31-25(2,3)4/h7-10,17H,5-6,11-16H2,1-4H3. The minimum Gasteiger partial charge on any atom is -0.444 e. The third kappa shape index (κ3) is 5.09. The highest BCUT2D eigenvalue weighted by Crippen LogP contribution is 2.33. The average molecular weight is 456 g/mol. The van der Waals surface area contributed by atoms with Crippen molar-refractivity contribution in [2.45, 2.75) is 46.1 Å². The summed E-state index contributed by atoms with van der Waals surface area (Å²) in [4.78, 5) is 33.1. The number of hydrogen-bond acceptors (Lipinski definition) is 5. The zero-order valence-electron chi connectivity index (χ0n) is 19.5. The molecule has 7 heteroatoms. The number of aryl methyl sites for hydroxylation is 1. The predicted molar refractivity (Wildman–Crippen MR) is 130 cm³/mol. The van der Waals surface area contributed by atoms with Gasteiger partial charge in [-0.2, -0.15) is 0 Å². The second kappa shape index (κ2) is 9.14. The van der Waals surface area contributed by atoms with Crippen LogP contribution in [0.1, 0.15) is 48.8 Å². The van der Waals surface area contributed by atoms with E-state index >= 15 is 0 Å². The fourth-order valence-corrected chi connectivity index (χ4v) is 5.36. The van der Waals surface area contributed by atoms with Gasteiger partial charge in [0.15, 0.2) is 0 Å². The molecule has 1 aromatic heterocycles. The van der Waals surface area contributed by atoms with E-state index in [1.54, 1.807) is 16.2 Å². The summed E-state index contributed by atoms with van der Waals surface area (Å²) in [5.41, 5.74) is 2.88. The molecule has 4 rings (SSSR count). The van der Waals surface area contributed by atoms with Gasteiger partial charge in [-0.3, -0.25) is 4.79 Å². The molecular formula is C25H33N3O3S. The summed E-state index contributed by atoms with van der Waals surface area (Å²) < 4.78 is 5.49. The van der Waals surface area contributed by atoms with E-state index in [9.17, 15) is 9.59 Å². The lowest BCUT2D eigenvalue weighted by Crippen LogP contribution is -2.50. The monoisotopic (exact) mass is 455 g/mol. The molecule has 0 unspecified atom stereocenters. The van der Waals surface area contributed by atoms with Crippen molar-refractivity contribution >= 4 is 29.0 Å². The van der Waals surface area contributed by atoms with Crippen LogP contribution in [0.2, 0.25) is 0 Å². The first-order chi connectivity index (χ1) is 15.2. The number of hydrogen-bond donors (Lipinski definition) is 0. The van der Waals surface area contributed by atoms with Crippen LogP contribution < -0.4 is 4.90 Å². The highest BCUT2D eigenvalue weighted by Gasteiger charge is 2.26. The Hall–Kier alpha value is -2.54. The number of benzene rings is 1. The number of rotatable bonds is 3. The smallest absolute Gasteiger partial charge is 0.410 e. The molecule has 2 amide bonds. The van der Waals surface area contributed by atoms with Crippen LogP contribution in [0.3, 0.4) is 0 Å². The lowest BCUT2D eigenvalue weighted by atomic mass is 10.1. The van der Waals surface area contributed by atoms with E-state index in [1.807, 2.05) is 32.6 Å². The maximum absolute atomic E-state index is 12.8. The summed E-state index contributed by atoms with van der Waals surface area (Å²) in [6.07, 6.45) is 1.98. The van der Waals surface area contributed by atoms with E-state index in [2.05, 4.69) is 35.2 Å². The van der Waals surface area contributed by atoms with E-state index in [0.717, 1.165) is 65.6 Å². The maximum Gasteiger partial charge on any atom is 0.410 e. The van der Waals surface area contributed by atoms with Gasteiger partial charge in [0.1, 0.15) is 5.60 Å². The Balaban J connectivity index is 1.38. The van der Waals surface area contributed by atoms with E-state index in [4.69, 9.17) is 4.74 Å². The van der Waals surface area contributed by atoms with Gasteiger partial charge >= 0.3 is 6.09 Å². The number of amides is 2. The molecule has 2 fully saturated rings. The average Bonchev–Trinajstić information content (AvgIpc) is 3.42. The van der Waals surface area contributed by atoms with Crippen LogP contribution in [0.25, 0.3) is 10.4 Å². The third-order valence-corrected chi connectivity index (χ3v) is 7.23. The minimum atomic E-state index is -0.469. The van der Waals surface area contributed by atoms with Gasteiger partial charge in [-0.1, -0.05) is 12.1 Å². The molecule has 0 atom stereocenters. The Morgan fingerprint density at radius 1 is 0.906 bits per heavy atom. The first-order valence-corrected chi connectivity index (χ1v) is 12.3. The molecule has 0 spiro atoms. The number of likely N-dealkylation sites (tertiary alicyclic amines) is 1. The van der Waals surface area contributed by atoms with Crippen molar-refractivity contribution in [3.63, 3.8) is 0 Å². The molecule has 1 aromatic carbocycles. The van der Waals surface area contributed by atoms with Gasteiger partial charge in [-0.25, -0.2) is 4.79 Å². The van der Waals surface area contributed by atoms with E-state index in [1.165, 1.54) is 0 Å². The van der Waals surface area contributed by atoms with Crippen molar-refractivity contribution in [1.82, 2.24) is 9.80 Å². The second-order valence-electron chi connectivity index (χ2n) is 9.62. The van der Waals surface area contributed by atoms with Crippen molar-refractivity contribution in [1.29, 1.82) is 0 Å². The molecule has 0 radical (unpaired) electrons. The fraction of sp³-hybridized carbons (Fsp3) is 0.520. The van der Waals surface area contributed by atoms with Crippen LogP contribution in [0.15, 0.2) is 30.3 Å². The van der Waals surface area contributed by atoms with Gasteiger partial charge in [0, 0.05) is 49.8 Å². The quantitative estimate of drug-likeness (QED) is 0.652. The Bertz CT molecular complexity index is 963. The zero-order chi connectivity index (χ0) is 22.9. The van der Waals surface area contributed by atoms with Gasteiger partial charge in [0.05, 0.1) is 4.88 Å². The highest BCUT2D eigenvalue weighted by atomic mass is 32.1. The summed E-state index contributed by atoms with van der Waals surface area (Å²) in [6, 6.07) is 10.7. The number of anilines is 1. The van der Waals surface area contributed by atoms with Crippen molar-refractivity contribution in [2.75, 3.05) is 44.2 Å². The van der Waals surface area contributed by atoms with Crippen LogP contribution >= 0.6 is 11.3 Å². The Morgan fingerprint density at radius 2 is 1.53 bits per heavy atom. The largest absolute Gasteiger partial charge is 0.444 e. The number of thiophene rings is 1. The molecule has 0 saturated carbocycles. The predicted octanol–water partition coefficient (Wildman–Crippen LogP) is 5.02. The van der Waals surface area contributed by atoms with Crippen LogP contribution in [0, 0.1) is 6.92 Å². The molecule has 2 aromatic rings. The van der Waals surface area contributed by atoms with E-state index in [-0.39, 0.29) is 12.0 Å². The molecule has 0 bridgehead atoms. The Kier molecular flexibility index (Phi) is 6.47. The van der Waals surface area contributed by atoms with E-state index < -0.39 is 5.60 Å². The first kappa shape index (κ1) is 22.6. The van der Waals surface area contributed by atoms with Gasteiger partial charge in [0.25, 0.3) is 5.91 Å². The molecule has 2 aliphatic rings. The van der Waals surface area contributed by atoms with Crippen molar-refractivity contribution in [3.05, 3.63) is 40.8 Å². The summed E-state index contributed by atoms with van der Waals surface area (Å²) in [5, 5.41) is 0. The second-order valence-corrected chi connectivity index (χ2v) is 10.7.